The van der Waals surface area contributed by atoms with E-state index in [0.29, 0.717) is 11.6 Å². The summed E-state index contributed by atoms with van der Waals surface area (Å²) in [5.41, 5.74) is 7.54. The van der Waals surface area contributed by atoms with Gasteiger partial charge in [0, 0.05) is 29.9 Å². The zero-order valence-corrected chi connectivity index (χ0v) is 11.5. The standard InChI is InChI=1S/C15H23FN2/c1-10(2)18(9-12-7-8-12)14-6-4-5-13(16)15(14)11(3)17/h4-6,10-12H,7-9,17H2,1-3H3. The molecule has 0 heterocycles. The van der Waals surface area contributed by atoms with Gasteiger partial charge in [-0.3, -0.25) is 0 Å². The van der Waals surface area contributed by atoms with Gasteiger partial charge in [-0.1, -0.05) is 6.07 Å². The second-order valence-electron chi connectivity index (χ2n) is 5.65. The van der Waals surface area contributed by atoms with Crippen LogP contribution in [0.15, 0.2) is 18.2 Å². The molecule has 0 aromatic heterocycles. The van der Waals surface area contributed by atoms with Gasteiger partial charge in [0.25, 0.3) is 0 Å². The van der Waals surface area contributed by atoms with Crippen LogP contribution in [0.25, 0.3) is 0 Å². The van der Waals surface area contributed by atoms with Crippen molar-refractivity contribution in [3.63, 3.8) is 0 Å². The number of halogens is 1. The molecule has 2 nitrogen and oxygen atoms in total. The fraction of sp³-hybridized carbons (Fsp3) is 0.600. The van der Waals surface area contributed by atoms with E-state index in [1.165, 1.54) is 18.9 Å². The van der Waals surface area contributed by atoms with Gasteiger partial charge in [-0.25, -0.2) is 4.39 Å². The van der Waals surface area contributed by atoms with Gasteiger partial charge in [-0.05, 0) is 51.7 Å². The lowest BCUT2D eigenvalue weighted by atomic mass is 10.0. The summed E-state index contributed by atoms with van der Waals surface area (Å²) in [4.78, 5) is 2.29. The maximum Gasteiger partial charge on any atom is 0.130 e. The summed E-state index contributed by atoms with van der Waals surface area (Å²) in [6.07, 6.45) is 2.60. The molecule has 1 aliphatic rings. The minimum atomic E-state index is -0.276. The molecule has 0 spiro atoms. The number of rotatable bonds is 5. The smallest absolute Gasteiger partial charge is 0.130 e. The van der Waals surface area contributed by atoms with Crippen molar-refractivity contribution >= 4 is 5.69 Å². The van der Waals surface area contributed by atoms with Crippen molar-refractivity contribution in [1.29, 1.82) is 0 Å². The summed E-state index contributed by atoms with van der Waals surface area (Å²) in [7, 11) is 0. The van der Waals surface area contributed by atoms with Gasteiger partial charge in [0.2, 0.25) is 0 Å². The van der Waals surface area contributed by atoms with Gasteiger partial charge in [0.1, 0.15) is 5.82 Å². The normalized spacial score (nSPS) is 17.0. The van der Waals surface area contributed by atoms with E-state index < -0.39 is 0 Å². The first-order chi connectivity index (χ1) is 8.50. The molecule has 0 amide bonds. The van der Waals surface area contributed by atoms with Crippen molar-refractivity contribution < 1.29 is 4.39 Å². The lowest BCUT2D eigenvalue weighted by Gasteiger charge is -2.32. The van der Waals surface area contributed by atoms with Crippen molar-refractivity contribution in [3.05, 3.63) is 29.6 Å². The van der Waals surface area contributed by atoms with Gasteiger partial charge in [-0.15, -0.1) is 0 Å². The molecule has 2 rings (SSSR count). The van der Waals surface area contributed by atoms with Crippen LogP contribution >= 0.6 is 0 Å². The van der Waals surface area contributed by atoms with Crippen LogP contribution in [0.4, 0.5) is 10.1 Å². The van der Waals surface area contributed by atoms with E-state index in [1.54, 1.807) is 6.07 Å². The SMILES string of the molecule is CC(N)c1c(F)cccc1N(CC1CC1)C(C)C. The molecule has 0 radical (unpaired) electrons. The minimum absolute atomic E-state index is 0.191. The zero-order chi connectivity index (χ0) is 13.3. The molecular formula is C15H23FN2. The Balaban J connectivity index is 2.36. The molecule has 1 aliphatic carbocycles. The Morgan fingerprint density at radius 3 is 2.50 bits per heavy atom. The highest BCUT2D eigenvalue weighted by Gasteiger charge is 2.27. The molecule has 0 bridgehead atoms. The summed E-state index contributed by atoms with van der Waals surface area (Å²) in [5.74, 6) is 0.584. The summed E-state index contributed by atoms with van der Waals surface area (Å²) in [5, 5.41) is 0. The molecular weight excluding hydrogens is 227 g/mol. The average molecular weight is 250 g/mol. The molecule has 1 aromatic rings. The maximum absolute atomic E-state index is 14.0. The molecule has 18 heavy (non-hydrogen) atoms. The third-order valence-electron chi connectivity index (χ3n) is 3.57. The Kier molecular flexibility index (Phi) is 3.91. The Labute approximate surface area is 109 Å². The van der Waals surface area contributed by atoms with Crippen LogP contribution in [-0.4, -0.2) is 12.6 Å². The van der Waals surface area contributed by atoms with Crippen molar-refractivity contribution in [2.45, 2.75) is 45.7 Å². The number of benzene rings is 1. The van der Waals surface area contributed by atoms with Gasteiger partial charge in [0.05, 0.1) is 0 Å². The first-order valence-electron chi connectivity index (χ1n) is 6.81. The zero-order valence-electron chi connectivity index (χ0n) is 11.5. The minimum Gasteiger partial charge on any atom is -0.368 e. The van der Waals surface area contributed by atoms with E-state index in [1.807, 2.05) is 13.0 Å². The Hall–Kier alpha value is -1.09. The maximum atomic E-state index is 14.0. The number of hydrogen-bond donors (Lipinski definition) is 1. The largest absolute Gasteiger partial charge is 0.368 e. The van der Waals surface area contributed by atoms with Gasteiger partial charge >= 0.3 is 0 Å². The molecule has 2 N–H and O–H groups in total. The average Bonchev–Trinajstić information content (AvgIpc) is 3.08. The summed E-state index contributed by atoms with van der Waals surface area (Å²) < 4.78 is 14.0. The lowest BCUT2D eigenvalue weighted by Crippen LogP contribution is -2.34. The highest BCUT2D eigenvalue weighted by atomic mass is 19.1. The predicted octanol–water partition coefficient (Wildman–Crippen LogP) is 3.47. The Morgan fingerprint density at radius 1 is 1.33 bits per heavy atom. The Morgan fingerprint density at radius 2 is 2.00 bits per heavy atom. The molecule has 1 atom stereocenters. The monoisotopic (exact) mass is 250 g/mol. The van der Waals surface area contributed by atoms with Crippen LogP contribution in [0.1, 0.15) is 45.2 Å². The number of nitrogens with two attached hydrogens (primary N) is 1. The highest BCUT2D eigenvalue weighted by Crippen LogP contribution is 2.35. The van der Waals surface area contributed by atoms with Crippen LogP contribution in [0.5, 0.6) is 0 Å². The molecule has 100 valence electrons. The predicted molar refractivity (Wildman–Crippen MR) is 74.2 cm³/mol. The third-order valence-corrected chi connectivity index (χ3v) is 3.57. The summed E-state index contributed by atoms with van der Waals surface area (Å²) in [6.45, 7) is 7.16. The summed E-state index contributed by atoms with van der Waals surface area (Å²) >= 11 is 0. The van der Waals surface area contributed by atoms with Crippen molar-refractivity contribution in [2.24, 2.45) is 11.7 Å². The van der Waals surface area contributed by atoms with Crippen LogP contribution in [0.3, 0.4) is 0 Å². The van der Waals surface area contributed by atoms with Crippen molar-refractivity contribution in [1.82, 2.24) is 0 Å². The molecule has 1 saturated carbocycles. The van der Waals surface area contributed by atoms with Crippen LogP contribution < -0.4 is 10.6 Å². The van der Waals surface area contributed by atoms with Gasteiger partial charge in [0.15, 0.2) is 0 Å². The molecule has 3 heteroatoms. The van der Waals surface area contributed by atoms with Gasteiger partial charge < -0.3 is 10.6 Å². The number of anilines is 1. The van der Waals surface area contributed by atoms with E-state index in [2.05, 4.69) is 18.7 Å². The number of hydrogen-bond acceptors (Lipinski definition) is 2. The first kappa shape index (κ1) is 13.3. The first-order valence-corrected chi connectivity index (χ1v) is 6.81. The van der Waals surface area contributed by atoms with Crippen LogP contribution in [-0.2, 0) is 0 Å². The number of nitrogens with zero attached hydrogens (tertiary/aromatic N) is 1. The van der Waals surface area contributed by atoms with Crippen molar-refractivity contribution in [3.8, 4) is 0 Å². The van der Waals surface area contributed by atoms with Crippen LogP contribution in [0.2, 0.25) is 0 Å². The second kappa shape index (κ2) is 5.27. The fourth-order valence-corrected chi connectivity index (χ4v) is 2.39. The third kappa shape index (κ3) is 2.83. The van der Waals surface area contributed by atoms with E-state index >= 15 is 0 Å². The van der Waals surface area contributed by atoms with Crippen molar-refractivity contribution in [2.75, 3.05) is 11.4 Å². The lowest BCUT2D eigenvalue weighted by molar-refractivity contribution is 0.582. The molecule has 1 aromatic carbocycles. The summed E-state index contributed by atoms with van der Waals surface area (Å²) in [6, 6.07) is 5.35. The highest BCUT2D eigenvalue weighted by molar-refractivity contribution is 5.56. The molecule has 0 aliphatic heterocycles. The van der Waals surface area contributed by atoms with E-state index in [9.17, 15) is 4.39 Å². The fourth-order valence-electron chi connectivity index (χ4n) is 2.39. The van der Waals surface area contributed by atoms with Crippen LogP contribution in [0, 0.1) is 11.7 Å². The Bertz CT molecular complexity index is 411. The van der Waals surface area contributed by atoms with Gasteiger partial charge in [-0.2, -0.15) is 0 Å². The molecule has 0 saturated heterocycles. The molecule has 1 fully saturated rings. The second-order valence-corrected chi connectivity index (χ2v) is 5.65. The van der Waals surface area contributed by atoms with E-state index in [-0.39, 0.29) is 11.9 Å². The van der Waals surface area contributed by atoms with E-state index in [4.69, 9.17) is 5.73 Å². The topological polar surface area (TPSA) is 29.3 Å². The quantitative estimate of drug-likeness (QED) is 0.867. The molecule has 1 unspecified atom stereocenters. The van der Waals surface area contributed by atoms with E-state index in [0.717, 1.165) is 18.2 Å².